The highest BCUT2D eigenvalue weighted by molar-refractivity contribution is 4.81. The molecule has 0 aromatic heterocycles. The minimum Gasteiger partial charge on any atom is -0.403 e. The van der Waals surface area contributed by atoms with E-state index in [1.807, 2.05) is 24.9 Å². The van der Waals surface area contributed by atoms with Gasteiger partial charge < -0.3 is 22.1 Å². The van der Waals surface area contributed by atoms with E-state index >= 15 is 0 Å². The quantitative estimate of drug-likeness (QED) is 0.518. The Hall–Kier alpha value is -0.740. The van der Waals surface area contributed by atoms with Crippen molar-refractivity contribution in [1.82, 2.24) is 4.90 Å². The van der Waals surface area contributed by atoms with Crippen molar-refractivity contribution >= 4 is 0 Å². The van der Waals surface area contributed by atoms with E-state index in [-0.39, 0.29) is 12.1 Å². The van der Waals surface area contributed by atoms with Crippen molar-refractivity contribution in [3.05, 3.63) is 12.4 Å². The Morgan fingerprint density at radius 2 is 1.58 bits per heavy atom. The van der Waals surface area contributed by atoms with Crippen molar-refractivity contribution in [2.75, 3.05) is 13.1 Å². The van der Waals surface area contributed by atoms with Gasteiger partial charge in [0.2, 0.25) is 0 Å². The molecule has 4 nitrogen and oxygen atoms in total. The van der Waals surface area contributed by atoms with Gasteiger partial charge in [0.1, 0.15) is 0 Å². The SMILES string of the molecule is CC(N)CN(/C=C/N)CC(C)N. The van der Waals surface area contributed by atoms with E-state index in [2.05, 4.69) is 0 Å². The van der Waals surface area contributed by atoms with Gasteiger partial charge in [-0.05, 0) is 13.8 Å². The van der Waals surface area contributed by atoms with Crippen LogP contribution in [0.5, 0.6) is 0 Å². The Bertz CT molecular complexity index is 121. The fourth-order valence-corrected chi connectivity index (χ4v) is 1.06. The van der Waals surface area contributed by atoms with Crippen LogP contribution in [0, 0.1) is 0 Å². The Kier molecular flexibility index (Phi) is 5.49. The molecule has 4 heteroatoms. The zero-order chi connectivity index (χ0) is 9.56. The summed E-state index contributed by atoms with van der Waals surface area (Å²) in [5.74, 6) is 0. The normalized spacial score (nSPS) is 16.3. The van der Waals surface area contributed by atoms with Gasteiger partial charge in [0, 0.05) is 37.6 Å². The van der Waals surface area contributed by atoms with Crippen LogP contribution < -0.4 is 17.2 Å². The van der Waals surface area contributed by atoms with Gasteiger partial charge in [0.05, 0.1) is 0 Å². The molecule has 2 atom stereocenters. The van der Waals surface area contributed by atoms with Crippen molar-refractivity contribution in [2.45, 2.75) is 25.9 Å². The van der Waals surface area contributed by atoms with Crippen LogP contribution in [0.15, 0.2) is 12.4 Å². The summed E-state index contributed by atoms with van der Waals surface area (Å²) in [6, 6.07) is 0.278. The molecule has 6 N–H and O–H groups in total. The molecule has 0 saturated carbocycles. The first-order valence-corrected chi connectivity index (χ1v) is 4.20. The molecule has 0 rings (SSSR count). The van der Waals surface area contributed by atoms with Crippen molar-refractivity contribution in [3.63, 3.8) is 0 Å². The maximum absolute atomic E-state index is 5.64. The highest BCUT2D eigenvalue weighted by Gasteiger charge is 2.04. The highest BCUT2D eigenvalue weighted by atomic mass is 15.1. The Balaban J connectivity index is 3.86. The molecule has 12 heavy (non-hydrogen) atoms. The lowest BCUT2D eigenvalue weighted by Crippen LogP contribution is -2.38. The molecule has 2 unspecified atom stereocenters. The van der Waals surface area contributed by atoms with Gasteiger partial charge in [-0.3, -0.25) is 0 Å². The highest BCUT2D eigenvalue weighted by Crippen LogP contribution is 1.93. The van der Waals surface area contributed by atoms with E-state index in [9.17, 15) is 0 Å². The van der Waals surface area contributed by atoms with Gasteiger partial charge in [0.25, 0.3) is 0 Å². The molecular formula is C8H20N4. The lowest BCUT2D eigenvalue weighted by atomic mass is 10.3. The van der Waals surface area contributed by atoms with E-state index < -0.39 is 0 Å². The summed E-state index contributed by atoms with van der Waals surface area (Å²) in [4.78, 5) is 2.02. The monoisotopic (exact) mass is 172 g/mol. The van der Waals surface area contributed by atoms with Gasteiger partial charge >= 0.3 is 0 Å². The third-order valence-corrected chi connectivity index (χ3v) is 1.34. The van der Waals surface area contributed by atoms with Crippen LogP contribution in [-0.2, 0) is 0 Å². The molecule has 0 aliphatic rings. The van der Waals surface area contributed by atoms with E-state index in [0.29, 0.717) is 0 Å². The number of nitrogens with zero attached hydrogens (tertiary/aromatic N) is 1. The Morgan fingerprint density at radius 3 is 1.83 bits per heavy atom. The van der Waals surface area contributed by atoms with E-state index in [0.717, 1.165) is 13.1 Å². The number of rotatable bonds is 5. The fraction of sp³-hybridized carbons (Fsp3) is 0.750. The molecule has 0 radical (unpaired) electrons. The van der Waals surface area contributed by atoms with Crippen LogP contribution in [0.25, 0.3) is 0 Å². The molecule has 0 aromatic carbocycles. The van der Waals surface area contributed by atoms with Crippen molar-refractivity contribution in [2.24, 2.45) is 17.2 Å². The van der Waals surface area contributed by atoms with Crippen LogP contribution in [0.4, 0.5) is 0 Å². The number of nitrogens with two attached hydrogens (primary N) is 3. The number of hydrogen-bond acceptors (Lipinski definition) is 4. The second-order valence-electron chi connectivity index (χ2n) is 3.25. The van der Waals surface area contributed by atoms with Crippen molar-refractivity contribution < 1.29 is 0 Å². The third kappa shape index (κ3) is 6.00. The topological polar surface area (TPSA) is 81.3 Å². The second kappa shape index (κ2) is 5.85. The molecule has 72 valence electrons. The van der Waals surface area contributed by atoms with Crippen molar-refractivity contribution in [1.29, 1.82) is 0 Å². The summed E-state index contributed by atoms with van der Waals surface area (Å²) in [5.41, 5.74) is 16.6. The smallest absolute Gasteiger partial charge is 0.0322 e. The average Bonchev–Trinajstić information content (AvgIpc) is 1.84. The Labute approximate surface area is 74.4 Å². The molecule has 0 bridgehead atoms. The third-order valence-electron chi connectivity index (χ3n) is 1.34. The van der Waals surface area contributed by atoms with Crippen LogP contribution in [0.3, 0.4) is 0 Å². The lowest BCUT2D eigenvalue weighted by molar-refractivity contribution is 0.337. The maximum Gasteiger partial charge on any atom is 0.0322 e. The fourth-order valence-electron chi connectivity index (χ4n) is 1.06. The minimum atomic E-state index is 0.139. The molecule has 0 fully saturated rings. The minimum absolute atomic E-state index is 0.139. The van der Waals surface area contributed by atoms with E-state index in [1.54, 1.807) is 0 Å². The van der Waals surface area contributed by atoms with Gasteiger partial charge in [-0.15, -0.1) is 0 Å². The maximum atomic E-state index is 5.64. The predicted octanol–water partition coefficient (Wildman–Crippen LogP) is -0.587. The molecule has 0 aliphatic carbocycles. The number of hydrogen-bond donors (Lipinski definition) is 3. The average molecular weight is 172 g/mol. The summed E-state index contributed by atoms with van der Waals surface area (Å²) >= 11 is 0. The van der Waals surface area contributed by atoms with E-state index in [4.69, 9.17) is 17.2 Å². The zero-order valence-corrected chi connectivity index (χ0v) is 7.90. The Morgan fingerprint density at radius 1 is 1.17 bits per heavy atom. The zero-order valence-electron chi connectivity index (χ0n) is 7.90. The summed E-state index contributed by atoms with van der Waals surface area (Å²) < 4.78 is 0. The summed E-state index contributed by atoms with van der Waals surface area (Å²) in [6.07, 6.45) is 3.32. The molecule has 0 spiro atoms. The first kappa shape index (κ1) is 11.3. The van der Waals surface area contributed by atoms with Gasteiger partial charge in [0.15, 0.2) is 0 Å². The van der Waals surface area contributed by atoms with Crippen LogP contribution in [0.1, 0.15) is 13.8 Å². The van der Waals surface area contributed by atoms with Gasteiger partial charge in [-0.2, -0.15) is 0 Å². The standard InChI is InChI=1S/C8H20N4/c1-7(10)5-12(4-3-9)6-8(2)11/h3-4,7-8H,5-6,9-11H2,1-2H3/b4-3+. The van der Waals surface area contributed by atoms with Crippen LogP contribution >= 0.6 is 0 Å². The summed E-state index contributed by atoms with van der Waals surface area (Å²) in [5, 5.41) is 0. The summed E-state index contributed by atoms with van der Waals surface area (Å²) in [7, 11) is 0. The first-order valence-electron chi connectivity index (χ1n) is 4.20. The molecule has 0 aliphatic heterocycles. The molecule has 0 aromatic rings. The largest absolute Gasteiger partial charge is 0.403 e. The van der Waals surface area contributed by atoms with Crippen molar-refractivity contribution in [3.8, 4) is 0 Å². The summed E-state index contributed by atoms with van der Waals surface area (Å²) in [6.45, 7) is 5.49. The predicted molar refractivity (Wildman–Crippen MR) is 52.2 cm³/mol. The van der Waals surface area contributed by atoms with Gasteiger partial charge in [-0.25, -0.2) is 0 Å². The van der Waals surface area contributed by atoms with E-state index in [1.165, 1.54) is 6.20 Å². The second-order valence-corrected chi connectivity index (χ2v) is 3.25. The first-order chi connectivity index (χ1) is 5.56. The van der Waals surface area contributed by atoms with Crippen LogP contribution in [0.2, 0.25) is 0 Å². The van der Waals surface area contributed by atoms with Gasteiger partial charge in [-0.1, -0.05) is 0 Å². The van der Waals surface area contributed by atoms with Crippen LogP contribution in [-0.4, -0.2) is 30.1 Å². The molecule has 0 heterocycles. The molecular weight excluding hydrogens is 152 g/mol. The lowest BCUT2D eigenvalue weighted by Gasteiger charge is -2.23. The molecule has 0 saturated heterocycles. The molecule has 0 amide bonds.